The van der Waals surface area contributed by atoms with Crippen LogP contribution in [-0.4, -0.2) is 16.8 Å². The average molecular weight is 197 g/mol. The van der Waals surface area contributed by atoms with Gasteiger partial charge in [0.1, 0.15) is 6.10 Å². The zero-order chi connectivity index (χ0) is 10.1. The van der Waals surface area contributed by atoms with Crippen LogP contribution in [0.25, 0.3) is 0 Å². The monoisotopic (exact) mass is 197 g/mol. The fourth-order valence-electron chi connectivity index (χ4n) is 1.56. The van der Waals surface area contributed by atoms with Gasteiger partial charge in [-0.25, -0.2) is 0 Å². The first-order chi connectivity index (χ1) is 6.68. The molecule has 0 amide bonds. The molecule has 3 unspecified atom stereocenters. The van der Waals surface area contributed by atoms with E-state index in [0.717, 1.165) is 13.0 Å². The molecule has 2 heterocycles. The zero-order valence-corrected chi connectivity index (χ0v) is 8.43. The van der Waals surface area contributed by atoms with E-state index >= 15 is 0 Å². The van der Waals surface area contributed by atoms with Crippen LogP contribution in [0.15, 0.2) is 4.42 Å². The lowest BCUT2D eigenvalue weighted by molar-refractivity contribution is 0.0701. The summed E-state index contributed by atoms with van der Waals surface area (Å²) in [5.41, 5.74) is 5.62. The molecule has 1 saturated heterocycles. The minimum Gasteiger partial charge on any atom is -0.421 e. The second-order valence-corrected chi connectivity index (χ2v) is 3.82. The molecule has 0 radical (unpaired) electrons. The van der Waals surface area contributed by atoms with Crippen LogP contribution in [-0.2, 0) is 4.74 Å². The van der Waals surface area contributed by atoms with Crippen molar-refractivity contribution < 1.29 is 9.15 Å². The Morgan fingerprint density at radius 1 is 1.50 bits per heavy atom. The van der Waals surface area contributed by atoms with E-state index in [0.29, 0.717) is 17.7 Å². The molecule has 2 rings (SSSR count). The van der Waals surface area contributed by atoms with E-state index in [4.69, 9.17) is 14.9 Å². The first-order valence-corrected chi connectivity index (χ1v) is 4.89. The average Bonchev–Trinajstić information content (AvgIpc) is 2.71. The van der Waals surface area contributed by atoms with Crippen molar-refractivity contribution in [1.82, 2.24) is 10.2 Å². The number of nitrogens with zero attached hydrogens (tertiary/aromatic N) is 2. The van der Waals surface area contributed by atoms with Crippen LogP contribution in [0.4, 0.5) is 0 Å². The molecule has 1 aliphatic rings. The van der Waals surface area contributed by atoms with Crippen LogP contribution in [0.1, 0.15) is 44.2 Å². The Morgan fingerprint density at radius 3 is 2.79 bits per heavy atom. The summed E-state index contributed by atoms with van der Waals surface area (Å²) >= 11 is 0. The quantitative estimate of drug-likeness (QED) is 0.770. The molecule has 14 heavy (non-hydrogen) atoms. The van der Waals surface area contributed by atoms with Gasteiger partial charge in [-0.3, -0.25) is 0 Å². The van der Waals surface area contributed by atoms with Gasteiger partial charge in [0.2, 0.25) is 11.8 Å². The van der Waals surface area contributed by atoms with Crippen molar-refractivity contribution in [3.63, 3.8) is 0 Å². The lowest BCUT2D eigenvalue weighted by Crippen LogP contribution is -2.05. The van der Waals surface area contributed by atoms with Crippen LogP contribution >= 0.6 is 0 Å². The van der Waals surface area contributed by atoms with Gasteiger partial charge in [0.15, 0.2) is 0 Å². The molecule has 5 heteroatoms. The third kappa shape index (κ3) is 1.65. The summed E-state index contributed by atoms with van der Waals surface area (Å²) in [5.74, 6) is 1.47. The first-order valence-electron chi connectivity index (χ1n) is 4.89. The van der Waals surface area contributed by atoms with E-state index in [-0.39, 0.29) is 12.1 Å². The maximum absolute atomic E-state index is 5.62. The predicted octanol–water partition coefficient (Wildman–Crippen LogP) is 1.19. The summed E-state index contributed by atoms with van der Waals surface area (Å²) < 4.78 is 10.9. The minimum absolute atomic E-state index is 0.0463. The zero-order valence-electron chi connectivity index (χ0n) is 8.43. The molecule has 1 aliphatic heterocycles. The minimum atomic E-state index is -0.215. The Kier molecular flexibility index (Phi) is 2.52. The maximum Gasteiger partial charge on any atom is 0.245 e. The Hall–Kier alpha value is -0.940. The molecule has 1 aromatic heterocycles. The Bertz CT molecular complexity index is 311. The molecular formula is C9H15N3O2. The number of rotatable bonds is 2. The topological polar surface area (TPSA) is 74.2 Å². The van der Waals surface area contributed by atoms with Crippen molar-refractivity contribution in [3.05, 3.63) is 11.8 Å². The standard InChI is InChI=1S/C9H15N3O2/c1-5-3-4-13-7(5)9-12-11-8(14-9)6(2)10/h5-7H,3-4,10H2,1-2H3. The largest absolute Gasteiger partial charge is 0.421 e. The van der Waals surface area contributed by atoms with Crippen LogP contribution in [0.5, 0.6) is 0 Å². The van der Waals surface area contributed by atoms with E-state index in [9.17, 15) is 0 Å². The summed E-state index contributed by atoms with van der Waals surface area (Å²) in [6.07, 6.45) is 0.996. The van der Waals surface area contributed by atoms with Crippen LogP contribution in [0.3, 0.4) is 0 Å². The second kappa shape index (κ2) is 3.67. The van der Waals surface area contributed by atoms with Crippen molar-refractivity contribution in [3.8, 4) is 0 Å². The van der Waals surface area contributed by atoms with Gasteiger partial charge in [0.05, 0.1) is 6.04 Å². The van der Waals surface area contributed by atoms with Gasteiger partial charge in [-0.05, 0) is 19.3 Å². The fraction of sp³-hybridized carbons (Fsp3) is 0.778. The van der Waals surface area contributed by atoms with Gasteiger partial charge in [-0.2, -0.15) is 0 Å². The summed E-state index contributed by atoms with van der Waals surface area (Å²) in [4.78, 5) is 0. The van der Waals surface area contributed by atoms with Gasteiger partial charge >= 0.3 is 0 Å². The summed E-state index contributed by atoms with van der Waals surface area (Å²) in [6.45, 7) is 4.70. The Labute approximate surface area is 82.6 Å². The second-order valence-electron chi connectivity index (χ2n) is 3.82. The highest BCUT2D eigenvalue weighted by Gasteiger charge is 2.30. The van der Waals surface area contributed by atoms with Gasteiger partial charge in [0.25, 0.3) is 0 Å². The highest BCUT2D eigenvalue weighted by atomic mass is 16.5. The summed E-state index contributed by atoms with van der Waals surface area (Å²) in [5, 5.41) is 7.82. The normalized spacial score (nSPS) is 29.4. The number of ether oxygens (including phenoxy) is 1. The van der Waals surface area contributed by atoms with Crippen LogP contribution in [0.2, 0.25) is 0 Å². The van der Waals surface area contributed by atoms with Gasteiger partial charge in [0, 0.05) is 6.61 Å². The van der Waals surface area contributed by atoms with Crippen molar-refractivity contribution in [2.75, 3.05) is 6.61 Å². The molecule has 1 aromatic rings. The first kappa shape index (κ1) is 9.61. The Morgan fingerprint density at radius 2 is 2.29 bits per heavy atom. The van der Waals surface area contributed by atoms with Crippen molar-refractivity contribution >= 4 is 0 Å². The third-order valence-corrected chi connectivity index (χ3v) is 2.48. The molecule has 5 nitrogen and oxygen atoms in total. The van der Waals surface area contributed by atoms with E-state index < -0.39 is 0 Å². The SMILES string of the molecule is CC(N)c1nnc(C2OCCC2C)o1. The highest BCUT2D eigenvalue weighted by molar-refractivity contribution is 4.93. The Balaban J connectivity index is 2.16. The molecule has 0 aromatic carbocycles. The van der Waals surface area contributed by atoms with E-state index in [2.05, 4.69) is 17.1 Å². The molecule has 3 atom stereocenters. The van der Waals surface area contributed by atoms with Gasteiger partial charge < -0.3 is 14.9 Å². The lowest BCUT2D eigenvalue weighted by atomic mass is 10.0. The molecular weight excluding hydrogens is 182 g/mol. The number of aromatic nitrogens is 2. The molecule has 2 N–H and O–H groups in total. The number of nitrogens with two attached hydrogens (primary N) is 1. The number of hydrogen-bond acceptors (Lipinski definition) is 5. The third-order valence-electron chi connectivity index (χ3n) is 2.48. The lowest BCUT2D eigenvalue weighted by Gasteiger charge is -2.08. The summed E-state index contributed by atoms with van der Waals surface area (Å²) in [7, 11) is 0. The van der Waals surface area contributed by atoms with Crippen molar-refractivity contribution in [2.24, 2.45) is 11.7 Å². The fourth-order valence-corrected chi connectivity index (χ4v) is 1.56. The van der Waals surface area contributed by atoms with Crippen molar-refractivity contribution in [2.45, 2.75) is 32.4 Å². The maximum atomic E-state index is 5.62. The predicted molar refractivity (Wildman–Crippen MR) is 49.4 cm³/mol. The van der Waals surface area contributed by atoms with E-state index in [1.54, 1.807) is 0 Å². The van der Waals surface area contributed by atoms with E-state index in [1.165, 1.54) is 0 Å². The highest BCUT2D eigenvalue weighted by Crippen LogP contribution is 2.33. The summed E-state index contributed by atoms with van der Waals surface area (Å²) in [6, 6.07) is -0.215. The molecule has 1 fully saturated rings. The molecule has 0 aliphatic carbocycles. The molecule has 78 valence electrons. The van der Waals surface area contributed by atoms with Crippen LogP contribution < -0.4 is 5.73 Å². The number of hydrogen-bond donors (Lipinski definition) is 1. The van der Waals surface area contributed by atoms with E-state index in [1.807, 2.05) is 6.92 Å². The van der Waals surface area contributed by atoms with Crippen LogP contribution in [0, 0.1) is 5.92 Å². The van der Waals surface area contributed by atoms with Gasteiger partial charge in [-0.1, -0.05) is 6.92 Å². The van der Waals surface area contributed by atoms with Gasteiger partial charge in [-0.15, -0.1) is 10.2 Å². The van der Waals surface area contributed by atoms with Crippen molar-refractivity contribution in [1.29, 1.82) is 0 Å². The molecule has 0 bridgehead atoms. The smallest absolute Gasteiger partial charge is 0.245 e. The molecule has 0 saturated carbocycles. The molecule has 0 spiro atoms.